The maximum atomic E-state index is 12.3. The first-order valence-corrected chi connectivity index (χ1v) is 10.7. The highest BCUT2D eigenvalue weighted by Crippen LogP contribution is 2.55. The van der Waals surface area contributed by atoms with E-state index in [9.17, 15) is 9.90 Å². The number of para-hydroxylation sites is 1. The Morgan fingerprint density at radius 2 is 1.86 bits per heavy atom. The second kappa shape index (κ2) is 7.03. The molecule has 1 aromatic heterocycles. The summed E-state index contributed by atoms with van der Waals surface area (Å²) in [5, 5.41) is 14.8. The highest BCUT2D eigenvalue weighted by molar-refractivity contribution is 5.98. The first-order valence-electron chi connectivity index (χ1n) is 10.7. The molecule has 4 nitrogen and oxygen atoms in total. The van der Waals surface area contributed by atoms with Gasteiger partial charge in [0, 0.05) is 35.6 Å². The second-order valence-corrected chi connectivity index (χ2v) is 9.06. The van der Waals surface area contributed by atoms with Crippen LogP contribution in [0.4, 0.5) is 0 Å². The number of aryl methyl sites for hydroxylation is 1. The smallest absolute Gasteiger partial charge is 0.352 e. The lowest BCUT2D eigenvalue weighted by Gasteiger charge is -2.54. The van der Waals surface area contributed by atoms with Gasteiger partial charge in [0.05, 0.1) is 0 Å². The molecule has 2 aliphatic rings. The lowest BCUT2D eigenvalue weighted by atomic mass is 9.54. The molecule has 0 atom stereocenters. The predicted octanol–water partition coefficient (Wildman–Crippen LogP) is 5.12. The average Bonchev–Trinajstić information content (AvgIpc) is 2.95. The minimum Gasteiger partial charge on any atom is -0.477 e. The molecule has 150 valence electrons. The number of rotatable bonds is 6. The fourth-order valence-electron chi connectivity index (χ4n) is 5.30. The quantitative estimate of drug-likeness (QED) is 0.616. The third-order valence-corrected chi connectivity index (χ3v) is 7.08. The van der Waals surface area contributed by atoms with Crippen LogP contribution in [0.1, 0.15) is 59.3 Å². The molecule has 0 unspecified atom stereocenters. The number of nitrogens with one attached hydrogen (secondary N) is 1. The van der Waals surface area contributed by atoms with Crippen molar-refractivity contribution in [3.63, 3.8) is 0 Å². The number of carboxylic acids is 1. The molecule has 0 bridgehead atoms. The summed E-state index contributed by atoms with van der Waals surface area (Å²) in [6.45, 7) is 3.24. The third kappa shape index (κ3) is 3.25. The molecule has 0 amide bonds. The Kier molecular flexibility index (Phi) is 4.47. The number of nitrogens with zero attached hydrogens (tertiary/aromatic N) is 1. The van der Waals surface area contributed by atoms with Gasteiger partial charge in [0.2, 0.25) is 0 Å². The monoisotopic (exact) mass is 388 g/mol. The van der Waals surface area contributed by atoms with Crippen molar-refractivity contribution in [2.24, 2.45) is 5.41 Å². The van der Waals surface area contributed by atoms with Gasteiger partial charge in [-0.05, 0) is 49.7 Å². The molecule has 29 heavy (non-hydrogen) atoms. The second-order valence-electron chi connectivity index (χ2n) is 9.06. The number of hydrogen-bond acceptors (Lipinski definition) is 2. The largest absolute Gasteiger partial charge is 0.477 e. The number of carbonyl (C=O) groups is 1. The van der Waals surface area contributed by atoms with Crippen molar-refractivity contribution in [2.75, 3.05) is 0 Å². The molecule has 2 saturated carbocycles. The minimum atomic E-state index is -0.853. The van der Waals surface area contributed by atoms with Crippen LogP contribution >= 0.6 is 0 Å². The van der Waals surface area contributed by atoms with Crippen LogP contribution in [0.2, 0.25) is 0 Å². The SMILES string of the molecule is Cc1ccc(Cn2c(C(=O)O)c(CNC3CC4(CCC4)C3)c3ccccc32)cc1. The van der Waals surface area contributed by atoms with Crippen molar-refractivity contribution in [2.45, 2.75) is 58.2 Å². The standard InChI is InChI=1S/C25H28N2O2/c1-17-7-9-18(10-8-17)16-27-22-6-3-2-5-20(22)21(23(27)24(28)29)15-26-19-13-25(14-19)11-4-12-25/h2-3,5-10,19,26H,4,11-16H2,1H3,(H,28,29). The maximum absolute atomic E-state index is 12.3. The Morgan fingerprint density at radius 1 is 1.14 bits per heavy atom. The number of carboxylic acid groups (broad SMARTS) is 1. The zero-order chi connectivity index (χ0) is 20.0. The average molecular weight is 389 g/mol. The molecular formula is C25H28N2O2. The van der Waals surface area contributed by atoms with Crippen LogP contribution in [-0.2, 0) is 13.1 Å². The summed E-state index contributed by atoms with van der Waals surface area (Å²) in [5.41, 5.74) is 5.26. The van der Waals surface area contributed by atoms with E-state index in [2.05, 4.69) is 42.6 Å². The number of fused-ring (bicyclic) bond motifs is 1. The number of benzene rings is 2. The molecular weight excluding hydrogens is 360 g/mol. The molecule has 1 spiro atoms. The molecule has 0 radical (unpaired) electrons. The molecule has 2 N–H and O–H groups in total. The van der Waals surface area contributed by atoms with Gasteiger partial charge in [-0.25, -0.2) is 4.79 Å². The van der Waals surface area contributed by atoms with Crippen LogP contribution in [-0.4, -0.2) is 21.7 Å². The number of aromatic carboxylic acids is 1. The van der Waals surface area contributed by atoms with Gasteiger partial charge in [-0.2, -0.15) is 0 Å². The lowest BCUT2D eigenvalue weighted by Crippen LogP contribution is -2.51. The Bertz CT molecular complexity index is 1050. The van der Waals surface area contributed by atoms with Crippen molar-refractivity contribution in [3.8, 4) is 0 Å². The minimum absolute atomic E-state index is 0.414. The van der Waals surface area contributed by atoms with Crippen LogP contribution in [0.3, 0.4) is 0 Å². The summed E-state index contributed by atoms with van der Waals surface area (Å²) in [6, 6.07) is 16.9. The van der Waals surface area contributed by atoms with E-state index >= 15 is 0 Å². The van der Waals surface area contributed by atoms with Gasteiger partial charge in [-0.1, -0.05) is 54.4 Å². The van der Waals surface area contributed by atoms with E-state index in [-0.39, 0.29) is 0 Å². The van der Waals surface area contributed by atoms with E-state index < -0.39 is 5.97 Å². The van der Waals surface area contributed by atoms with Crippen LogP contribution in [0.5, 0.6) is 0 Å². The Hall–Kier alpha value is -2.59. The fourth-order valence-corrected chi connectivity index (χ4v) is 5.30. The molecule has 2 aromatic carbocycles. The molecule has 3 aromatic rings. The number of aromatic nitrogens is 1. The molecule has 5 rings (SSSR count). The first-order chi connectivity index (χ1) is 14.0. The van der Waals surface area contributed by atoms with Crippen molar-refractivity contribution in [3.05, 3.63) is 70.9 Å². The van der Waals surface area contributed by atoms with E-state index in [1.807, 2.05) is 22.8 Å². The molecule has 0 saturated heterocycles. The van der Waals surface area contributed by atoms with Crippen LogP contribution in [0.25, 0.3) is 10.9 Å². The van der Waals surface area contributed by atoms with Crippen molar-refractivity contribution in [1.29, 1.82) is 0 Å². The van der Waals surface area contributed by atoms with Gasteiger partial charge in [0.15, 0.2) is 0 Å². The lowest BCUT2D eigenvalue weighted by molar-refractivity contribution is -0.00265. The molecule has 0 aliphatic heterocycles. The summed E-state index contributed by atoms with van der Waals surface area (Å²) in [5.74, 6) is -0.853. The van der Waals surface area contributed by atoms with Gasteiger partial charge in [0.25, 0.3) is 0 Å². The van der Waals surface area contributed by atoms with Crippen molar-refractivity contribution < 1.29 is 9.90 Å². The third-order valence-electron chi connectivity index (χ3n) is 7.08. The zero-order valence-electron chi connectivity index (χ0n) is 16.9. The Labute approximate surface area is 171 Å². The zero-order valence-corrected chi connectivity index (χ0v) is 16.9. The van der Waals surface area contributed by atoms with Crippen LogP contribution < -0.4 is 5.32 Å². The van der Waals surface area contributed by atoms with Gasteiger partial charge in [-0.15, -0.1) is 0 Å². The van der Waals surface area contributed by atoms with Gasteiger partial charge >= 0.3 is 5.97 Å². The molecule has 1 heterocycles. The maximum Gasteiger partial charge on any atom is 0.352 e. The number of hydrogen-bond donors (Lipinski definition) is 2. The molecule has 4 heteroatoms. The summed E-state index contributed by atoms with van der Waals surface area (Å²) in [4.78, 5) is 12.3. The topological polar surface area (TPSA) is 54.3 Å². The Balaban J connectivity index is 1.46. The molecule has 2 fully saturated rings. The first kappa shape index (κ1) is 18.4. The summed E-state index contributed by atoms with van der Waals surface area (Å²) in [7, 11) is 0. The van der Waals surface area contributed by atoms with Gasteiger partial charge in [-0.3, -0.25) is 0 Å². The highest BCUT2D eigenvalue weighted by atomic mass is 16.4. The highest BCUT2D eigenvalue weighted by Gasteiger charge is 2.47. The summed E-state index contributed by atoms with van der Waals surface area (Å²) in [6.07, 6.45) is 6.63. The van der Waals surface area contributed by atoms with Gasteiger partial charge < -0.3 is 15.0 Å². The summed E-state index contributed by atoms with van der Waals surface area (Å²) < 4.78 is 1.97. The summed E-state index contributed by atoms with van der Waals surface area (Å²) >= 11 is 0. The van der Waals surface area contributed by atoms with Crippen molar-refractivity contribution >= 4 is 16.9 Å². The van der Waals surface area contributed by atoms with Crippen molar-refractivity contribution in [1.82, 2.24) is 9.88 Å². The Morgan fingerprint density at radius 3 is 2.52 bits per heavy atom. The van der Waals surface area contributed by atoms with E-state index in [4.69, 9.17) is 0 Å². The van der Waals surface area contributed by atoms with Crippen LogP contribution in [0.15, 0.2) is 48.5 Å². The predicted molar refractivity (Wildman–Crippen MR) is 115 cm³/mol. The molecule has 2 aliphatic carbocycles. The van der Waals surface area contributed by atoms with Gasteiger partial charge in [0.1, 0.15) is 5.69 Å². The normalized spacial score (nSPS) is 18.0. The van der Waals surface area contributed by atoms with E-state index in [0.717, 1.165) is 22.0 Å². The van der Waals surface area contributed by atoms with Crippen LogP contribution in [0, 0.1) is 12.3 Å². The van der Waals surface area contributed by atoms with E-state index in [1.54, 1.807) is 0 Å². The fraction of sp³-hybridized carbons (Fsp3) is 0.400. The van der Waals surface area contributed by atoms with E-state index in [0.29, 0.717) is 30.2 Å². The van der Waals surface area contributed by atoms with E-state index in [1.165, 1.54) is 37.7 Å².